The Morgan fingerprint density at radius 1 is 1.04 bits per heavy atom. The van der Waals surface area contributed by atoms with Gasteiger partial charge in [-0.3, -0.25) is 4.79 Å². The summed E-state index contributed by atoms with van der Waals surface area (Å²) in [5.41, 5.74) is 1.98. The monoisotopic (exact) mass is 327 g/mol. The van der Waals surface area contributed by atoms with Crippen LogP contribution in [0.2, 0.25) is 0 Å². The number of nitrogens with zero attached hydrogens (tertiary/aromatic N) is 1. The molecule has 0 radical (unpaired) electrons. The Morgan fingerprint density at radius 3 is 2.46 bits per heavy atom. The molecule has 2 aromatic carbocycles. The molecule has 0 aromatic heterocycles. The normalized spacial score (nSPS) is 17.5. The van der Waals surface area contributed by atoms with E-state index in [4.69, 9.17) is 0 Å². The van der Waals surface area contributed by atoms with Gasteiger partial charge in [0.15, 0.2) is 0 Å². The Hall–Kier alpha value is -2.69. The van der Waals surface area contributed by atoms with E-state index in [9.17, 15) is 19.1 Å². The number of hydrogen-bond acceptors (Lipinski definition) is 2. The number of benzene rings is 2. The lowest BCUT2D eigenvalue weighted by atomic mass is 9.99. The molecular formula is C19H18FNO3. The highest BCUT2D eigenvalue weighted by Gasteiger charge is 2.32. The molecule has 0 bridgehead atoms. The average Bonchev–Trinajstić information content (AvgIpc) is 2.61. The molecular weight excluding hydrogens is 309 g/mol. The van der Waals surface area contributed by atoms with Gasteiger partial charge in [0.1, 0.15) is 11.9 Å². The summed E-state index contributed by atoms with van der Waals surface area (Å²) in [6, 6.07) is 12.3. The van der Waals surface area contributed by atoms with E-state index in [1.165, 1.54) is 17.0 Å². The molecule has 0 aliphatic carbocycles. The molecule has 1 aliphatic rings. The number of carbonyl (C=O) groups excluding carboxylic acids is 1. The summed E-state index contributed by atoms with van der Waals surface area (Å²) in [5, 5.41) is 9.29. The van der Waals surface area contributed by atoms with Crippen molar-refractivity contribution < 1.29 is 19.1 Å². The van der Waals surface area contributed by atoms with Crippen molar-refractivity contribution in [1.29, 1.82) is 0 Å². The first-order chi connectivity index (χ1) is 11.6. The molecule has 1 N–H and O–H groups in total. The first-order valence-electron chi connectivity index (χ1n) is 7.96. The number of carboxylic acids is 1. The maximum atomic E-state index is 13.3. The Labute approximate surface area is 139 Å². The maximum Gasteiger partial charge on any atom is 0.326 e. The second-order valence-corrected chi connectivity index (χ2v) is 5.94. The van der Waals surface area contributed by atoms with Crippen molar-refractivity contribution in [2.24, 2.45) is 0 Å². The molecule has 1 unspecified atom stereocenters. The number of hydrogen-bond donors (Lipinski definition) is 1. The van der Waals surface area contributed by atoms with Crippen LogP contribution in [0.5, 0.6) is 0 Å². The highest BCUT2D eigenvalue weighted by Crippen LogP contribution is 2.23. The Morgan fingerprint density at radius 2 is 1.79 bits per heavy atom. The summed E-state index contributed by atoms with van der Waals surface area (Å²) < 4.78 is 13.3. The summed E-state index contributed by atoms with van der Waals surface area (Å²) in [4.78, 5) is 25.4. The van der Waals surface area contributed by atoms with E-state index in [2.05, 4.69) is 0 Å². The number of amides is 1. The molecule has 124 valence electrons. The van der Waals surface area contributed by atoms with Crippen LogP contribution in [-0.2, 0) is 4.79 Å². The summed E-state index contributed by atoms with van der Waals surface area (Å²) in [7, 11) is 0. The van der Waals surface area contributed by atoms with Crippen molar-refractivity contribution in [1.82, 2.24) is 4.90 Å². The van der Waals surface area contributed by atoms with Crippen molar-refractivity contribution >= 4 is 11.9 Å². The molecule has 1 amide bonds. The van der Waals surface area contributed by atoms with Gasteiger partial charge in [0, 0.05) is 12.1 Å². The fraction of sp³-hybridized carbons (Fsp3) is 0.263. The topological polar surface area (TPSA) is 57.6 Å². The molecule has 2 aromatic rings. The van der Waals surface area contributed by atoms with Crippen molar-refractivity contribution in [3.63, 3.8) is 0 Å². The summed E-state index contributed by atoms with van der Waals surface area (Å²) in [6.45, 7) is 0.460. The fourth-order valence-electron chi connectivity index (χ4n) is 3.07. The van der Waals surface area contributed by atoms with Crippen molar-refractivity contribution in [3.8, 4) is 11.1 Å². The molecule has 24 heavy (non-hydrogen) atoms. The summed E-state index contributed by atoms with van der Waals surface area (Å²) in [6.07, 6.45) is 2.12. The van der Waals surface area contributed by atoms with Gasteiger partial charge < -0.3 is 10.0 Å². The van der Waals surface area contributed by atoms with Gasteiger partial charge in [-0.1, -0.05) is 24.3 Å². The van der Waals surface area contributed by atoms with E-state index in [-0.39, 0.29) is 11.7 Å². The molecule has 1 fully saturated rings. The van der Waals surface area contributed by atoms with E-state index in [0.717, 1.165) is 24.0 Å². The molecule has 1 aliphatic heterocycles. The van der Waals surface area contributed by atoms with Crippen molar-refractivity contribution in [2.75, 3.05) is 6.54 Å². The number of piperidine rings is 1. The van der Waals surface area contributed by atoms with E-state index in [0.29, 0.717) is 18.5 Å². The second kappa shape index (κ2) is 6.83. The number of carboxylic acid groups (broad SMARTS) is 1. The van der Waals surface area contributed by atoms with Crippen LogP contribution in [0, 0.1) is 5.82 Å². The quantitative estimate of drug-likeness (QED) is 0.937. The molecule has 4 nitrogen and oxygen atoms in total. The standard InChI is InChI=1S/C19H18FNO3/c20-16-5-3-4-15(12-16)13-7-9-14(10-8-13)18(22)21-11-2-1-6-17(21)19(23)24/h3-5,7-10,12,17H,1-2,6,11H2,(H,23,24). The minimum Gasteiger partial charge on any atom is -0.480 e. The lowest BCUT2D eigenvalue weighted by Crippen LogP contribution is -2.47. The van der Waals surface area contributed by atoms with Crippen LogP contribution >= 0.6 is 0 Å². The first kappa shape index (κ1) is 16.2. The van der Waals surface area contributed by atoms with Gasteiger partial charge in [0.05, 0.1) is 0 Å². The molecule has 5 heteroatoms. The van der Waals surface area contributed by atoms with Crippen LogP contribution in [0.25, 0.3) is 11.1 Å². The van der Waals surface area contributed by atoms with Crippen LogP contribution in [0.4, 0.5) is 4.39 Å². The Bertz CT molecular complexity index is 757. The van der Waals surface area contributed by atoms with Gasteiger partial charge in [-0.05, 0) is 54.7 Å². The van der Waals surface area contributed by atoms with Gasteiger partial charge >= 0.3 is 5.97 Å². The van der Waals surface area contributed by atoms with Gasteiger partial charge in [-0.2, -0.15) is 0 Å². The minimum atomic E-state index is -0.959. The van der Waals surface area contributed by atoms with Crippen LogP contribution in [0.1, 0.15) is 29.6 Å². The number of aliphatic carboxylic acids is 1. The number of likely N-dealkylation sites (tertiary alicyclic amines) is 1. The third-order valence-corrected chi connectivity index (χ3v) is 4.34. The van der Waals surface area contributed by atoms with E-state index < -0.39 is 12.0 Å². The van der Waals surface area contributed by atoms with Crippen molar-refractivity contribution in [3.05, 3.63) is 59.9 Å². The molecule has 1 atom stereocenters. The Balaban J connectivity index is 1.82. The predicted octanol–water partition coefficient (Wildman–Crippen LogP) is 3.57. The molecule has 1 saturated heterocycles. The third-order valence-electron chi connectivity index (χ3n) is 4.34. The van der Waals surface area contributed by atoms with Gasteiger partial charge in [-0.15, -0.1) is 0 Å². The zero-order chi connectivity index (χ0) is 17.1. The third kappa shape index (κ3) is 3.30. The summed E-state index contributed by atoms with van der Waals surface area (Å²) >= 11 is 0. The molecule has 3 rings (SSSR count). The van der Waals surface area contributed by atoms with E-state index in [1.54, 1.807) is 36.4 Å². The first-order valence-corrected chi connectivity index (χ1v) is 7.96. The number of carbonyl (C=O) groups is 2. The van der Waals surface area contributed by atoms with Crippen LogP contribution in [0.3, 0.4) is 0 Å². The smallest absolute Gasteiger partial charge is 0.326 e. The van der Waals surface area contributed by atoms with Crippen LogP contribution < -0.4 is 0 Å². The Kier molecular flexibility index (Phi) is 4.60. The van der Waals surface area contributed by atoms with Gasteiger partial charge in [-0.25, -0.2) is 9.18 Å². The summed E-state index contributed by atoms with van der Waals surface area (Å²) in [5.74, 6) is -1.54. The fourth-order valence-corrected chi connectivity index (χ4v) is 3.07. The lowest BCUT2D eigenvalue weighted by Gasteiger charge is -2.33. The average molecular weight is 327 g/mol. The second-order valence-electron chi connectivity index (χ2n) is 5.94. The highest BCUT2D eigenvalue weighted by atomic mass is 19.1. The van der Waals surface area contributed by atoms with Crippen LogP contribution in [0.15, 0.2) is 48.5 Å². The number of halogens is 1. The molecule has 0 saturated carbocycles. The lowest BCUT2D eigenvalue weighted by molar-refractivity contribution is -0.143. The predicted molar refractivity (Wildman–Crippen MR) is 88.1 cm³/mol. The van der Waals surface area contributed by atoms with Crippen molar-refractivity contribution in [2.45, 2.75) is 25.3 Å². The largest absolute Gasteiger partial charge is 0.480 e. The number of rotatable bonds is 3. The van der Waals surface area contributed by atoms with E-state index in [1.807, 2.05) is 0 Å². The molecule has 0 spiro atoms. The highest BCUT2D eigenvalue weighted by molar-refractivity contribution is 5.97. The molecule has 1 heterocycles. The zero-order valence-corrected chi connectivity index (χ0v) is 13.1. The minimum absolute atomic E-state index is 0.270. The van der Waals surface area contributed by atoms with Gasteiger partial charge in [0.2, 0.25) is 0 Å². The van der Waals surface area contributed by atoms with E-state index >= 15 is 0 Å². The maximum absolute atomic E-state index is 13.3. The SMILES string of the molecule is O=C(O)C1CCCCN1C(=O)c1ccc(-c2cccc(F)c2)cc1. The zero-order valence-electron chi connectivity index (χ0n) is 13.1. The van der Waals surface area contributed by atoms with Crippen LogP contribution in [-0.4, -0.2) is 34.5 Å². The van der Waals surface area contributed by atoms with Gasteiger partial charge in [0.25, 0.3) is 5.91 Å².